The molecule has 1 aromatic carbocycles. The summed E-state index contributed by atoms with van der Waals surface area (Å²) in [6.07, 6.45) is 4.59. The van der Waals surface area contributed by atoms with Crippen LogP contribution in [0.5, 0.6) is 5.75 Å². The van der Waals surface area contributed by atoms with Gasteiger partial charge in [0.05, 0.1) is 0 Å². The molecule has 93 valence electrons. The van der Waals surface area contributed by atoms with Crippen LogP contribution < -0.4 is 4.74 Å². The molecule has 1 heterocycles. The smallest absolute Gasteiger partial charge is 0.165 e. The van der Waals surface area contributed by atoms with Crippen LogP contribution in [0.25, 0.3) is 0 Å². The van der Waals surface area contributed by atoms with Crippen LogP contribution in [0, 0.1) is 11.9 Å². The van der Waals surface area contributed by atoms with Crippen molar-refractivity contribution in [2.75, 3.05) is 13.1 Å². The molecule has 1 atom stereocenters. The first-order chi connectivity index (χ1) is 8.31. The molecule has 1 aliphatic rings. The van der Waals surface area contributed by atoms with Gasteiger partial charge in [0.2, 0.25) is 0 Å². The standard InChI is InChI=1S/C14H19FNO/c1-2-14(16-10-6-3-7-11-16)17-13-9-5-4-8-12(13)15/h5,8-9,14H,2-3,6-7,10-11H2,1H3. The first-order valence-electron chi connectivity index (χ1n) is 6.37. The Balaban J connectivity index is 2.01. The van der Waals surface area contributed by atoms with E-state index in [1.54, 1.807) is 12.1 Å². The molecule has 0 aromatic heterocycles. The van der Waals surface area contributed by atoms with Crippen LogP contribution in [0.1, 0.15) is 32.6 Å². The molecule has 0 spiro atoms. The Hall–Kier alpha value is -1.09. The highest BCUT2D eigenvalue weighted by atomic mass is 19.1. The number of benzene rings is 1. The van der Waals surface area contributed by atoms with E-state index >= 15 is 0 Å². The zero-order valence-electron chi connectivity index (χ0n) is 10.3. The molecule has 17 heavy (non-hydrogen) atoms. The second-order valence-corrected chi connectivity index (χ2v) is 4.43. The highest BCUT2D eigenvalue weighted by molar-refractivity contribution is 5.23. The molecule has 3 heteroatoms. The number of hydrogen-bond donors (Lipinski definition) is 0. The fourth-order valence-electron chi connectivity index (χ4n) is 2.26. The van der Waals surface area contributed by atoms with E-state index in [1.807, 2.05) is 0 Å². The summed E-state index contributed by atoms with van der Waals surface area (Å²) in [5, 5.41) is 0. The molecule has 0 saturated carbocycles. The van der Waals surface area contributed by atoms with Crippen molar-refractivity contribution in [3.8, 4) is 5.75 Å². The lowest BCUT2D eigenvalue weighted by Crippen LogP contribution is -2.42. The second-order valence-electron chi connectivity index (χ2n) is 4.43. The number of likely N-dealkylation sites (tertiary alicyclic amines) is 1. The molecule has 0 bridgehead atoms. The molecule has 0 N–H and O–H groups in total. The summed E-state index contributed by atoms with van der Waals surface area (Å²) in [5.41, 5.74) is 0. The quantitative estimate of drug-likeness (QED) is 0.795. The maximum Gasteiger partial charge on any atom is 0.165 e. The Labute approximate surface area is 102 Å². The first kappa shape index (κ1) is 12.4. The summed E-state index contributed by atoms with van der Waals surface area (Å²) < 4.78 is 19.2. The van der Waals surface area contributed by atoms with Crippen LogP contribution in [0.3, 0.4) is 0 Å². The van der Waals surface area contributed by atoms with Crippen LogP contribution in [-0.2, 0) is 0 Å². The first-order valence-corrected chi connectivity index (χ1v) is 6.37. The van der Waals surface area contributed by atoms with Gasteiger partial charge in [-0.1, -0.05) is 19.4 Å². The summed E-state index contributed by atoms with van der Waals surface area (Å²) in [4.78, 5) is 2.31. The van der Waals surface area contributed by atoms with E-state index in [1.165, 1.54) is 25.3 Å². The van der Waals surface area contributed by atoms with Crippen LogP contribution in [0.2, 0.25) is 0 Å². The van der Waals surface area contributed by atoms with Crippen molar-refractivity contribution in [2.24, 2.45) is 0 Å². The molecule has 1 fully saturated rings. The van der Waals surface area contributed by atoms with Gasteiger partial charge >= 0.3 is 0 Å². The molecule has 2 rings (SSSR count). The lowest BCUT2D eigenvalue weighted by molar-refractivity contribution is 0.00733. The summed E-state index contributed by atoms with van der Waals surface area (Å²) in [6, 6.07) is 7.34. The summed E-state index contributed by atoms with van der Waals surface area (Å²) in [7, 11) is 0. The highest BCUT2D eigenvalue weighted by Gasteiger charge is 2.21. The van der Waals surface area contributed by atoms with Gasteiger partial charge in [-0.25, -0.2) is 4.39 Å². The highest BCUT2D eigenvalue weighted by Crippen LogP contribution is 2.21. The lowest BCUT2D eigenvalue weighted by Gasteiger charge is -2.34. The van der Waals surface area contributed by atoms with E-state index in [0.717, 1.165) is 19.5 Å². The number of rotatable bonds is 4. The van der Waals surface area contributed by atoms with Gasteiger partial charge in [0, 0.05) is 13.1 Å². The monoisotopic (exact) mass is 236 g/mol. The molecule has 0 aliphatic carbocycles. The topological polar surface area (TPSA) is 12.5 Å². The molecule has 2 nitrogen and oxygen atoms in total. The lowest BCUT2D eigenvalue weighted by atomic mass is 10.1. The Kier molecular flexibility index (Phi) is 4.37. The zero-order chi connectivity index (χ0) is 12.1. The second kappa shape index (κ2) is 6.01. The van der Waals surface area contributed by atoms with Gasteiger partial charge in [-0.05, 0) is 37.5 Å². The van der Waals surface area contributed by atoms with Crippen LogP contribution in [0.4, 0.5) is 4.39 Å². The van der Waals surface area contributed by atoms with E-state index in [9.17, 15) is 4.39 Å². The number of hydrogen-bond acceptors (Lipinski definition) is 2. The largest absolute Gasteiger partial charge is 0.472 e. The molecular weight excluding hydrogens is 217 g/mol. The van der Waals surface area contributed by atoms with E-state index in [0.29, 0.717) is 5.75 Å². The Bertz CT molecular complexity index is 350. The minimum Gasteiger partial charge on any atom is -0.472 e. The molecule has 1 unspecified atom stereocenters. The summed E-state index contributed by atoms with van der Waals surface area (Å²) in [5.74, 6) is 0.00383. The third kappa shape index (κ3) is 3.19. The number of piperidine rings is 1. The van der Waals surface area contributed by atoms with E-state index in [4.69, 9.17) is 4.74 Å². The minimum absolute atomic E-state index is 0.00722. The van der Waals surface area contributed by atoms with E-state index in [-0.39, 0.29) is 12.0 Å². The van der Waals surface area contributed by atoms with Gasteiger partial charge in [0.1, 0.15) is 0 Å². The molecule has 1 aliphatic heterocycles. The van der Waals surface area contributed by atoms with Crippen molar-refractivity contribution in [1.29, 1.82) is 0 Å². The molecular formula is C14H19FNO. The predicted molar refractivity (Wildman–Crippen MR) is 65.4 cm³/mol. The van der Waals surface area contributed by atoms with Gasteiger partial charge in [-0.15, -0.1) is 0 Å². The molecule has 1 saturated heterocycles. The van der Waals surface area contributed by atoms with Crippen LogP contribution >= 0.6 is 0 Å². The van der Waals surface area contributed by atoms with E-state index < -0.39 is 0 Å². The van der Waals surface area contributed by atoms with Crippen molar-refractivity contribution in [3.63, 3.8) is 0 Å². The molecule has 1 aromatic rings. The minimum atomic E-state index is -0.331. The number of nitrogens with zero attached hydrogens (tertiary/aromatic N) is 1. The maximum atomic E-state index is 13.5. The average Bonchev–Trinajstić information content (AvgIpc) is 2.39. The normalized spacial score (nSPS) is 18.9. The average molecular weight is 236 g/mol. The fraction of sp³-hybridized carbons (Fsp3) is 0.571. The number of ether oxygens (including phenoxy) is 1. The third-order valence-electron chi connectivity index (χ3n) is 3.19. The fourth-order valence-corrected chi connectivity index (χ4v) is 2.26. The maximum absolute atomic E-state index is 13.5. The Morgan fingerprint density at radius 1 is 1.41 bits per heavy atom. The molecule has 0 amide bonds. The SMILES string of the molecule is CCC(Oc1cc[c]cc1F)N1CCCCC1. The Morgan fingerprint density at radius 2 is 2.18 bits per heavy atom. The van der Waals surface area contributed by atoms with Crippen molar-refractivity contribution in [3.05, 3.63) is 30.1 Å². The van der Waals surface area contributed by atoms with Crippen LogP contribution in [0.15, 0.2) is 18.2 Å². The van der Waals surface area contributed by atoms with Crippen molar-refractivity contribution in [2.45, 2.75) is 38.8 Å². The van der Waals surface area contributed by atoms with Gasteiger partial charge in [-0.3, -0.25) is 4.90 Å². The van der Waals surface area contributed by atoms with Crippen molar-refractivity contribution in [1.82, 2.24) is 4.90 Å². The van der Waals surface area contributed by atoms with Gasteiger partial charge in [-0.2, -0.15) is 0 Å². The zero-order valence-corrected chi connectivity index (χ0v) is 10.3. The van der Waals surface area contributed by atoms with E-state index in [2.05, 4.69) is 17.9 Å². The Morgan fingerprint density at radius 3 is 2.82 bits per heavy atom. The third-order valence-corrected chi connectivity index (χ3v) is 3.19. The molecule has 1 radical (unpaired) electrons. The van der Waals surface area contributed by atoms with Crippen molar-refractivity contribution < 1.29 is 9.13 Å². The summed E-state index contributed by atoms with van der Waals surface area (Å²) in [6.45, 7) is 4.18. The summed E-state index contributed by atoms with van der Waals surface area (Å²) >= 11 is 0. The van der Waals surface area contributed by atoms with Crippen LogP contribution in [-0.4, -0.2) is 24.2 Å². The predicted octanol–water partition coefficient (Wildman–Crippen LogP) is 3.23. The van der Waals surface area contributed by atoms with Gasteiger partial charge in [0.25, 0.3) is 0 Å². The van der Waals surface area contributed by atoms with Gasteiger partial charge in [0.15, 0.2) is 17.8 Å². The van der Waals surface area contributed by atoms with Gasteiger partial charge < -0.3 is 4.74 Å². The number of halogens is 1. The van der Waals surface area contributed by atoms with Crippen molar-refractivity contribution >= 4 is 0 Å².